The van der Waals surface area contributed by atoms with Crippen molar-refractivity contribution >= 4 is 0 Å². The molecule has 5 atom stereocenters. The molecule has 0 bridgehead atoms. The van der Waals surface area contributed by atoms with Crippen molar-refractivity contribution in [2.75, 3.05) is 13.2 Å². The van der Waals surface area contributed by atoms with Gasteiger partial charge < -0.3 is 33.2 Å². The normalized spacial score (nSPS) is 48.0. The number of rotatable bonds is 2. The zero-order valence-electron chi connectivity index (χ0n) is 14.2. The van der Waals surface area contributed by atoms with Gasteiger partial charge >= 0.3 is 0 Å². The molecule has 0 radical (unpaired) electrons. The second kappa shape index (κ2) is 5.36. The van der Waals surface area contributed by atoms with E-state index in [0.717, 1.165) is 19.3 Å². The van der Waals surface area contributed by atoms with E-state index in [1.807, 2.05) is 27.7 Å². The minimum absolute atomic E-state index is 0.271. The van der Waals surface area contributed by atoms with Gasteiger partial charge in [0.05, 0.1) is 0 Å². The van der Waals surface area contributed by atoms with Gasteiger partial charge in [0.1, 0.15) is 18.8 Å². The van der Waals surface area contributed by atoms with Crippen LogP contribution in [0.3, 0.4) is 0 Å². The average Bonchev–Trinajstić information content (AvgIpc) is 3.02. The molecule has 0 aromatic heterocycles. The second-order valence-corrected chi connectivity index (χ2v) is 7.54. The summed E-state index contributed by atoms with van der Waals surface area (Å²) in [5.74, 6) is -2.46. The molecule has 1 unspecified atom stereocenters. The molecule has 4 saturated heterocycles. The summed E-state index contributed by atoms with van der Waals surface area (Å²) in [6, 6.07) is 0. The van der Waals surface area contributed by atoms with E-state index >= 15 is 0 Å². The van der Waals surface area contributed by atoms with Crippen LogP contribution in [0.2, 0.25) is 0 Å². The molecule has 4 aliphatic rings. The molecule has 4 fully saturated rings. The quantitative estimate of drug-likeness (QED) is 0.766. The molecule has 4 aliphatic heterocycles. The number of hydrogen-bond acceptors (Lipinski definition) is 7. The van der Waals surface area contributed by atoms with Crippen molar-refractivity contribution in [2.45, 2.75) is 89.1 Å². The Morgan fingerprint density at radius 2 is 1.78 bits per heavy atom. The van der Waals surface area contributed by atoms with Gasteiger partial charge in [0.25, 0.3) is 0 Å². The first kappa shape index (κ1) is 16.2. The van der Waals surface area contributed by atoms with Gasteiger partial charge in [-0.25, -0.2) is 0 Å². The van der Waals surface area contributed by atoms with Crippen molar-refractivity contribution < 1.29 is 33.2 Å². The van der Waals surface area contributed by atoms with Crippen LogP contribution in [0.5, 0.6) is 0 Å². The van der Waals surface area contributed by atoms with E-state index < -0.39 is 29.8 Å². The number of ether oxygens (including phenoxy) is 7. The minimum atomic E-state index is -1.02. The van der Waals surface area contributed by atoms with Crippen molar-refractivity contribution in [1.29, 1.82) is 0 Å². The average molecular weight is 330 g/mol. The van der Waals surface area contributed by atoms with Gasteiger partial charge in [-0.3, -0.25) is 0 Å². The first-order valence-corrected chi connectivity index (χ1v) is 8.43. The van der Waals surface area contributed by atoms with Crippen LogP contribution < -0.4 is 0 Å². The SMILES string of the molecule is CC1(C)O[C@@H]2O[C@]3(COC(C)(C)O3)[C@@H](OC3CCCCO3)[C@H]2O1. The molecule has 132 valence electrons. The summed E-state index contributed by atoms with van der Waals surface area (Å²) in [7, 11) is 0. The third-order valence-electron chi connectivity index (χ3n) is 4.61. The molecule has 4 heterocycles. The predicted octanol–water partition coefficient (Wildman–Crippen LogP) is 1.89. The topological polar surface area (TPSA) is 64.6 Å². The van der Waals surface area contributed by atoms with E-state index in [4.69, 9.17) is 33.2 Å². The fraction of sp³-hybridized carbons (Fsp3) is 1.00. The van der Waals surface area contributed by atoms with E-state index in [1.165, 1.54) is 0 Å². The summed E-state index contributed by atoms with van der Waals surface area (Å²) < 4.78 is 41.7. The van der Waals surface area contributed by atoms with Gasteiger partial charge in [-0.1, -0.05) is 0 Å². The molecule has 0 N–H and O–H groups in total. The van der Waals surface area contributed by atoms with Crippen LogP contribution in [-0.2, 0) is 33.2 Å². The molecule has 0 aromatic rings. The lowest BCUT2D eigenvalue weighted by atomic mass is 10.1. The molecule has 1 spiro atoms. The Kier molecular flexibility index (Phi) is 3.77. The fourth-order valence-electron chi connectivity index (χ4n) is 3.68. The summed E-state index contributed by atoms with van der Waals surface area (Å²) in [5, 5.41) is 0. The summed E-state index contributed by atoms with van der Waals surface area (Å²) >= 11 is 0. The smallest absolute Gasteiger partial charge is 0.227 e. The Labute approximate surface area is 136 Å². The predicted molar refractivity (Wildman–Crippen MR) is 77.2 cm³/mol. The summed E-state index contributed by atoms with van der Waals surface area (Å²) in [5.41, 5.74) is 0. The standard InChI is InChI=1S/C16H26O7/c1-14(2)18-9-16(23-14)12(19-10-7-5-6-8-17-10)11-13(22-16)21-15(3,4)20-11/h10-13H,5-9H2,1-4H3/t10?,11-,12+,13-,16+/m1/s1. The third kappa shape index (κ3) is 2.93. The maximum atomic E-state index is 6.23. The van der Waals surface area contributed by atoms with Crippen LogP contribution in [0.1, 0.15) is 47.0 Å². The third-order valence-corrected chi connectivity index (χ3v) is 4.61. The van der Waals surface area contributed by atoms with Crippen LogP contribution in [-0.4, -0.2) is 55.4 Å². The van der Waals surface area contributed by atoms with E-state index in [2.05, 4.69) is 0 Å². The molecule has 4 rings (SSSR count). The zero-order chi connectivity index (χ0) is 16.3. The van der Waals surface area contributed by atoms with Crippen LogP contribution in [0.4, 0.5) is 0 Å². The molecule has 23 heavy (non-hydrogen) atoms. The van der Waals surface area contributed by atoms with Gasteiger partial charge in [-0.15, -0.1) is 0 Å². The van der Waals surface area contributed by atoms with Gasteiger partial charge in [0.2, 0.25) is 5.79 Å². The minimum Gasteiger partial charge on any atom is -0.353 e. The molecular weight excluding hydrogens is 304 g/mol. The summed E-state index contributed by atoms with van der Waals surface area (Å²) in [4.78, 5) is 0. The zero-order valence-corrected chi connectivity index (χ0v) is 14.2. The molecule has 0 saturated carbocycles. The summed E-state index contributed by atoms with van der Waals surface area (Å²) in [6.45, 7) is 8.44. The van der Waals surface area contributed by atoms with Gasteiger partial charge in [-0.05, 0) is 47.0 Å². The first-order chi connectivity index (χ1) is 10.8. The van der Waals surface area contributed by atoms with Gasteiger partial charge in [0, 0.05) is 6.61 Å². The lowest BCUT2D eigenvalue weighted by Crippen LogP contribution is -2.51. The van der Waals surface area contributed by atoms with Crippen LogP contribution in [0.15, 0.2) is 0 Å². The lowest BCUT2D eigenvalue weighted by Gasteiger charge is -2.35. The number of fused-ring (bicyclic) bond motifs is 1. The molecule has 7 nitrogen and oxygen atoms in total. The van der Waals surface area contributed by atoms with Crippen LogP contribution in [0.25, 0.3) is 0 Å². The van der Waals surface area contributed by atoms with Gasteiger partial charge in [0.15, 0.2) is 24.2 Å². The number of hydrogen-bond donors (Lipinski definition) is 0. The van der Waals surface area contributed by atoms with Crippen molar-refractivity contribution in [2.24, 2.45) is 0 Å². The van der Waals surface area contributed by atoms with E-state index in [1.54, 1.807) is 0 Å². The van der Waals surface area contributed by atoms with E-state index in [0.29, 0.717) is 6.61 Å². The molecule has 0 aliphatic carbocycles. The van der Waals surface area contributed by atoms with Crippen LogP contribution >= 0.6 is 0 Å². The van der Waals surface area contributed by atoms with Crippen molar-refractivity contribution in [1.82, 2.24) is 0 Å². The monoisotopic (exact) mass is 330 g/mol. The molecule has 0 aromatic carbocycles. The Bertz CT molecular complexity index is 459. The second-order valence-electron chi connectivity index (χ2n) is 7.54. The highest BCUT2D eigenvalue weighted by Gasteiger charge is 2.68. The highest BCUT2D eigenvalue weighted by molar-refractivity contribution is 5.02. The Hall–Kier alpha value is -0.280. The highest BCUT2D eigenvalue weighted by Crippen LogP contribution is 2.49. The van der Waals surface area contributed by atoms with Crippen LogP contribution in [0, 0.1) is 0 Å². The first-order valence-electron chi connectivity index (χ1n) is 8.43. The van der Waals surface area contributed by atoms with E-state index in [9.17, 15) is 0 Å². The molecule has 0 amide bonds. The highest BCUT2D eigenvalue weighted by atomic mass is 16.9. The molecular formula is C16H26O7. The summed E-state index contributed by atoms with van der Waals surface area (Å²) in [6.07, 6.45) is 1.39. The largest absolute Gasteiger partial charge is 0.353 e. The Morgan fingerprint density at radius 3 is 2.43 bits per heavy atom. The van der Waals surface area contributed by atoms with Crippen molar-refractivity contribution in [3.63, 3.8) is 0 Å². The lowest BCUT2D eigenvalue weighted by molar-refractivity contribution is -0.336. The van der Waals surface area contributed by atoms with Crippen molar-refractivity contribution in [3.05, 3.63) is 0 Å². The molecule has 7 heteroatoms. The maximum Gasteiger partial charge on any atom is 0.227 e. The van der Waals surface area contributed by atoms with Crippen molar-refractivity contribution in [3.8, 4) is 0 Å². The Morgan fingerprint density at radius 1 is 0.957 bits per heavy atom. The van der Waals surface area contributed by atoms with Gasteiger partial charge in [-0.2, -0.15) is 0 Å². The Balaban J connectivity index is 1.56. The maximum absolute atomic E-state index is 6.23. The van der Waals surface area contributed by atoms with E-state index in [-0.39, 0.29) is 19.0 Å². The fourth-order valence-corrected chi connectivity index (χ4v) is 3.68.